The lowest BCUT2D eigenvalue weighted by Crippen LogP contribution is -2.44. The molecule has 0 bridgehead atoms. The third kappa shape index (κ3) is 8.23. The minimum Gasteiger partial charge on any atom is -0.444 e. The van der Waals surface area contributed by atoms with E-state index in [9.17, 15) is 13.6 Å². The summed E-state index contributed by atoms with van der Waals surface area (Å²) in [6.45, 7) is 3.91. The van der Waals surface area contributed by atoms with Gasteiger partial charge < -0.3 is 15.4 Å². The van der Waals surface area contributed by atoms with Crippen molar-refractivity contribution in [2.45, 2.75) is 38.8 Å². The number of carbonyl (C=O) groups is 1. The summed E-state index contributed by atoms with van der Waals surface area (Å²) in [6, 6.07) is 1.79. The largest absolute Gasteiger partial charge is 0.444 e. The topological polar surface area (TPSA) is 63.2 Å². The second-order valence-corrected chi connectivity index (χ2v) is 6.74. The Kier molecular flexibility index (Phi) is 6.67. The Bertz CT molecular complexity index is 507. The van der Waals surface area contributed by atoms with E-state index in [0.29, 0.717) is 0 Å². The van der Waals surface area contributed by atoms with Gasteiger partial charge in [0.15, 0.2) is 0 Å². The molecule has 0 unspecified atom stereocenters. The second kappa shape index (κ2) is 7.82. The number of nitrogens with one attached hydrogen (secondary N) is 2. The fourth-order valence-electron chi connectivity index (χ4n) is 1.52. The molecule has 124 valence electrons. The molecular weight excluding hydrogens is 360 g/mol. The van der Waals surface area contributed by atoms with Crippen molar-refractivity contribution in [2.24, 2.45) is 0 Å². The first-order valence-corrected chi connectivity index (χ1v) is 7.51. The van der Waals surface area contributed by atoms with E-state index >= 15 is 0 Å². The summed E-state index contributed by atoms with van der Waals surface area (Å²) in [4.78, 5) is 15.3. The first-order chi connectivity index (χ1) is 10.1. The zero-order valence-electron chi connectivity index (χ0n) is 12.8. The summed E-state index contributed by atoms with van der Waals surface area (Å²) >= 11 is 3.26. The van der Waals surface area contributed by atoms with Crippen LogP contribution in [0.3, 0.4) is 0 Å². The lowest BCUT2D eigenvalue weighted by atomic mass is 10.2. The van der Waals surface area contributed by atoms with E-state index in [4.69, 9.17) is 4.74 Å². The van der Waals surface area contributed by atoms with Crippen molar-refractivity contribution >= 4 is 22.0 Å². The van der Waals surface area contributed by atoms with Crippen molar-refractivity contribution in [3.63, 3.8) is 0 Å². The number of pyridine rings is 1. The average molecular weight is 380 g/mol. The van der Waals surface area contributed by atoms with E-state index in [1.165, 1.54) is 0 Å². The zero-order valence-corrected chi connectivity index (χ0v) is 14.3. The maximum atomic E-state index is 13.6. The van der Waals surface area contributed by atoms with Crippen LogP contribution in [0, 0.1) is 0 Å². The third-order valence-electron chi connectivity index (χ3n) is 2.36. The van der Waals surface area contributed by atoms with Gasteiger partial charge in [-0.05, 0) is 48.3 Å². The smallest absolute Gasteiger partial charge is 0.407 e. The molecule has 1 rings (SSSR count). The fraction of sp³-hybridized carbons (Fsp3) is 0.571. The Morgan fingerprint density at radius 1 is 1.32 bits per heavy atom. The summed E-state index contributed by atoms with van der Waals surface area (Å²) in [5.74, 6) is -3.07. The van der Waals surface area contributed by atoms with Crippen LogP contribution < -0.4 is 10.6 Å². The van der Waals surface area contributed by atoms with E-state index < -0.39 is 30.7 Å². The number of rotatable bonds is 6. The van der Waals surface area contributed by atoms with E-state index in [1.807, 2.05) is 0 Å². The molecule has 22 heavy (non-hydrogen) atoms. The fourth-order valence-corrected chi connectivity index (χ4v) is 1.93. The van der Waals surface area contributed by atoms with Crippen molar-refractivity contribution in [3.05, 3.63) is 28.5 Å². The molecule has 0 aliphatic heterocycles. The molecule has 1 amide bonds. The highest BCUT2D eigenvalue weighted by Crippen LogP contribution is 2.13. The minimum absolute atomic E-state index is 0.258. The van der Waals surface area contributed by atoms with Gasteiger partial charge in [0.05, 0.1) is 13.1 Å². The van der Waals surface area contributed by atoms with Gasteiger partial charge in [-0.2, -0.15) is 0 Å². The molecule has 0 aliphatic rings. The van der Waals surface area contributed by atoms with Gasteiger partial charge >= 0.3 is 6.09 Å². The van der Waals surface area contributed by atoms with Crippen LogP contribution in [-0.4, -0.2) is 35.7 Å². The summed E-state index contributed by atoms with van der Waals surface area (Å²) in [7, 11) is 0. The number of amides is 1. The van der Waals surface area contributed by atoms with E-state index in [1.54, 1.807) is 39.2 Å². The summed E-state index contributed by atoms with van der Waals surface area (Å²) in [5, 5.41) is 4.70. The molecule has 0 radical (unpaired) electrons. The maximum Gasteiger partial charge on any atom is 0.407 e. The quantitative estimate of drug-likeness (QED) is 0.796. The number of alkyl carbamates (subject to hydrolysis) is 1. The van der Waals surface area contributed by atoms with Crippen LogP contribution in [0.5, 0.6) is 0 Å². The first kappa shape index (κ1) is 18.8. The van der Waals surface area contributed by atoms with Crippen molar-refractivity contribution in [3.8, 4) is 0 Å². The molecule has 1 aromatic heterocycles. The normalized spacial score (nSPS) is 12.1. The Morgan fingerprint density at radius 2 is 2.00 bits per heavy atom. The van der Waals surface area contributed by atoms with Gasteiger partial charge in [-0.1, -0.05) is 0 Å². The van der Waals surface area contributed by atoms with E-state index in [2.05, 4.69) is 31.5 Å². The monoisotopic (exact) mass is 379 g/mol. The Morgan fingerprint density at radius 3 is 2.59 bits per heavy atom. The molecule has 0 aliphatic carbocycles. The summed E-state index contributed by atoms with van der Waals surface area (Å²) < 4.78 is 33.0. The van der Waals surface area contributed by atoms with Gasteiger partial charge in [0.25, 0.3) is 5.92 Å². The standard InChI is InChI=1S/C14H20BrF2N3O2/c1-13(2,3)22-12(21)20-9-14(16,17)8-19-6-10-4-11(15)7-18-5-10/h4-5,7,19H,6,8-9H2,1-3H3,(H,20,21). The predicted octanol–water partition coefficient (Wildman–Crippen LogP) is 3.09. The number of aromatic nitrogens is 1. The SMILES string of the molecule is CC(C)(C)OC(=O)NCC(F)(F)CNCc1cncc(Br)c1. The lowest BCUT2D eigenvalue weighted by molar-refractivity contribution is -0.00376. The van der Waals surface area contributed by atoms with Gasteiger partial charge in [0, 0.05) is 23.4 Å². The van der Waals surface area contributed by atoms with Crippen molar-refractivity contribution in [1.82, 2.24) is 15.6 Å². The van der Waals surface area contributed by atoms with Crippen LogP contribution in [-0.2, 0) is 11.3 Å². The minimum atomic E-state index is -3.07. The van der Waals surface area contributed by atoms with E-state index in [-0.39, 0.29) is 6.54 Å². The van der Waals surface area contributed by atoms with Crippen LogP contribution in [0.1, 0.15) is 26.3 Å². The molecule has 0 fully saturated rings. The molecule has 0 saturated carbocycles. The number of hydrogen-bond acceptors (Lipinski definition) is 4. The predicted molar refractivity (Wildman–Crippen MR) is 82.8 cm³/mol. The number of nitrogens with zero attached hydrogens (tertiary/aromatic N) is 1. The Balaban J connectivity index is 2.33. The molecule has 1 heterocycles. The van der Waals surface area contributed by atoms with Gasteiger partial charge in [0.1, 0.15) is 5.60 Å². The van der Waals surface area contributed by atoms with Crippen LogP contribution in [0.15, 0.2) is 22.9 Å². The summed E-state index contributed by atoms with van der Waals surface area (Å²) in [5.41, 5.74) is 0.0657. The second-order valence-electron chi connectivity index (χ2n) is 5.83. The zero-order chi connectivity index (χ0) is 16.8. The molecule has 0 atom stereocenters. The van der Waals surface area contributed by atoms with Crippen molar-refractivity contribution in [2.75, 3.05) is 13.1 Å². The molecular formula is C14H20BrF2N3O2. The third-order valence-corrected chi connectivity index (χ3v) is 2.80. The van der Waals surface area contributed by atoms with E-state index in [0.717, 1.165) is 10.0 Å². The molecule has 0 aromatic carbocycles. The molecule has 2 N–H and O–H groups in total. The summed E-state index contributed by atoms with van der Waals surface area (Å²) in [6.07, 6.45) is 2.35. The molecule has 8 heteroatoms. The maximum absolute atomic E-state index is 13.6. The molecule has 1 aromatic rings. The highest BCUT2D eigenvalue weighted by molar-refractivity contribution is 9.10. The highest BCUT2D eigenvalue weighted by Gasteiger charge is 2.30. The number of ether oxygens (including phenoxy) is 1. The van der Waals surface area contributed by atoms with Crippen LogP contribution in [0.4, 0.5) is 13.6 Å². The number of alkyl halides is 2. The van der Waals surface area contributed by atoms with Gasteiger partial charge in [-0.3, -0.25) is 4.98 Å². The molecule has 0 saturated heterocycles. The van der Waals surface area contributed by atoms with Gasteiger partial charge in [-0.25, -0.2) is 13.6 Å². The Hall–Kier alpha value is -1.28. The first-order valence-electron chi connectivity index (χ1n) is 6.72. The van der Waals surface area contributed by atoms with Gasteiger partial charge in [0.2, 0.25) is 0 Å². The van der Waals surface area contributed by atoms with Crippen molar-refractivity contribution < 1.29 is 18.3 Å². The lowest BCUT2D eigenvalue weighted by Gasteiger charge is -2.22. The number of hydrogen-bond donors (Lipinski definition) is 2. The number of halogens is 3. The van der Waals surface area contributed by atoms with Gasteiger partial charge in [-0.15, -0.1) is 0 Å². The average Bonchev–Trinajstić information content (AvgIpc) is 2.34. The number of carbonyl (C=O) groups excluding carboxylic acids is 1. The van der Waals surface area contributed by atoms with Crippen LogP contribution in [0.25, 0.3) is 0 Å². The van der Waals surface area contributed by atoms with Crippen LogP contribution in [0.2, 0.25) is 0 Å². The molecule has 5 nitrogen and oxygen atoms in total. The van der Waals surface area contributed by atoms with Crippen LogP contribution >= 0.6 is 15.9 Å². The highest BCUT2D eigenvalue weighted by atomic mass is 79.9. The Labute approximate surface area is 137 Å². The van der Waals surface area contributed by atoms with Crippen molar-refractivity contribution in [1.29, 1.82) is 0 Å². The molecule has 0 spiro atoms.